The van der Waals surface area contributed by atoms with E-state index < -0.39 is 0 Å². The number of carbonyl (C=O) groups is 1. The molecule has 0 bridgehead atoms. The number of nitrogen functional groups attached to an aromatic ring is 1. The van der Waals surface area contributed by atoms with Gasteiger partial charge in [0.25, 0.3) is 5.91 Å². The van der Waals surface area contributed by atoms with Crippen LogP contribution in [0.3, 0.4) is 0 Å². The SMILES string of the molecule is CCOc1ccc(NC(=O)c2c(N)n(-c3ccccc3)c3nc4ccccc4nc23)cc1. The third kappa shape index (κ3) is 3.39. The Balaban J connectivity index is 1.65. The van der Waals surface area contributed by atoms with Gasteiger partial charge in [0.2, 0.25) is 0 Å². The van der Waals surface area contributed by atoms with E-state index in [9.17, 15) is 4.79 Å². The van der Waals surface area contributed by atoms with Crippen LogP contribution in [0.15, 0.2) is 78.9 Å². The van der Waals surface area contributed by atoms with E-state index >= 15 is 0 Å². The number of anilines is 2. The highest BCUT2D eigenvalue weighted by atomic mass is 16.5. The number of nitrogens with one attached hydrogen (secondary N) is 1. The van der Waals surface area contributed by atoms with E-state index in [-0.39, 0.29) is 17.3 Å². The van der Waals surface area contributed by atoms with Crippen LogP contribution in [0.25, 0.3) is 27.9 Å². The number of nitrogens with zero attached hydrogens (tertiary/aromatic N) is 3. The van der Waals surface area contributed by atoms with Gasteiger partial charge in [0.1, 0.15) is 22.6 Å². The van der Waals surface area contributed by atoms with Gasteiger partial charge in [-0.1, -0.05) is 30.3 Å². The third-order valence-electron chi connectivity index (χ3n) is 5.16. The van der Waals surface area contributed by atoms with Crippen molar-refractivity contribution in [3.63, 3.8) is 0 Å². The quantitative estimate of drug-likeness (QED) is 0.423. The Morgan fingerprint density at radius 2 is 1.59 bits per heavy atom. The van der Waals surface area contributed by atoms with Gasteiger partial charge < -0.3 is 15.8 Å². The molecule has 5 rings (SSSR count). The smallest absolute Gasteiger partial charge is 0.261 e. The first-order chi connectivity index (χ1) is 15.7. The highest BCUT2D eigenvalue weighted by Gasteiger charge is 2.25. The standard InChI is InChI=1S/C25H21N5O2/c1-2-32-18-14-12-16(13-15-18)27-25(31)21-22-24(29-20-11-7-6-10-19(20)28-22)30(23(21)26)17-8-4-3-5-9-17/h3-15H,2,26H2,1H3,(H,27,31). The molecule has 0 saturated carbocycles. The number of ether oxygens (including phenoxy) is 1. The number of para-hydroxylation sites is 3. The lowest BCUT2D eigenvalue weighted by Crippen LogP contribution is -2.14. The van der Waals surface area contributed by atoms with Crippen molar-refractivity contribution < 1.29 is 9.53 Å². The lowest BCUT2D eigenvalue weighted by molar-refractivity contribution is 0.102. The fraction of sp³-hybridized carbons (Fsp3) is 0.0800. The van der Waals surface area contributed by atoms with Crippen molar-refractivity contribution in [2.75, 3.05) is 17.7 Å². The Morgan fingerprint density at radius 1 is 0.938 bits per heavy atom. The van der Waals surface area contributed by atoms with Gasteiger partial charge in [0.15, 0.2) is 5.65 Å². The highest BCUT2D eigenvalue weighted by molar-refractivity contribution is 6.16. The van der Waals surface area contributed by atoms with Crippen LogP contribution in [0.5, 0.6) is 5.75 Å². The van der Waals surface area contributed by atoms with Crippen LogP contribution < -0.4 is 15.8 Å². The van der Waals surface area contributed by atoms with Crippen molar-refractivity contribution in [2.24, 2.45) is 0 Å². The normalized spacial score (nSPS) is 11.0. The first-order valence-electron chi connectivity index (χ1n) is 10.3. The molecule has 0 atom stereocenters. The van der Waals surface area contributed by atoms with Crippen LogP contribution in [-0.2, 0) is 0 Å². The maximum Gasteiger partial charge on any atom is 0.261 e. The summed E-state index contributed by atoms with van der Waals surface area (Å²) >= 11 is 0. The molecule has 158 valence electrons. The maximum absolute atomic E-state index is 13.3. The third-order valence-corrected chi connectivity index (χ3v) is 5.16. The molecule has 0 radical (unpaired) electrons. The van der Waals surface area contributed by atoms with Gasteiger partial charge in [-0.15, -0.1) is 0 Å². The van der Waals surface area contributed by atoms with Crippen LogP contribution in [0.1, 0.15) is 17.3 Å². The van der Waals surface area contributed by atoms with E-state index in [1.165, 1.54) is 0 Å². The summed E-state index contributed by atoms with van der Waals surface area (Å²) in [5.74, 6) is 0.670. The minimum absolute atomic E-state index is 0.282. The van der Waals surface area contributed by atoms with Gasteiger partial charge in [-0.2, -0.15) is 0 Å². The lowest BCUT2D eigenvalue weighted by atomic mass is 10.2. The average Bonchev–Trinajstić information content (AvgIpc) is 3.10. The molecule has 0 aliphatic heterocycles. The van der Waals surface area contributed by atoms with Crippen LogP contribution in [0.2, 0.25) is 0 Å². The number of fused-ring (bicyclic) bond motifs is 2. The van der Waals surface area contributed by atoms with E-state index in [4.69, 9.17) is 20.4 Å². The Bertz CT molecular complexity index is 1430. The number of carbonyl (C=O) groups excluding carboxylic acids is 1. The van der Waals surface area contributed by atoms with Crippen LogP contribution in [0.4, 0.5) is 11.5 Å². The van der Waals surface area contributed by atoms with Crippen molar-refractivity contribution in [2.45, 2.75) is 6.92 Å². The summed E-state index contributed by atoms with van der Waals surface area (Å²) in [5.41, 5.74) is 10.7. The molecule has 1 amide bonds. The summed E-state index contributed by atoms with van der Waals surface area (Å²) < 4.78 is 7.23. The largest absolute Gasteiger partial charge is 0.494 e. The van der Waals surface area contributed by atoms with E-state index in [0.29, 0.717) is 29.0 Å². The zero-order valence-electron chi connectivity index (χ0n) is 17.4. The minimum Gasteiger partial charge on any atom is -0.494 e. The number of hydrogen-bond acceptors (Lipinski definition) is 5. The number of amides is 1. The Hall–Kier alpha value is -4.39. The summed E-state index contributed by atoms with van der Waals surface area (Å²) in [6.07, 6.45) is 0. The lowest BCUT2D eigenvalue weighted by Gasteiger charge is -2.08. The molecule has 2 aromatic heterocycles. The molecule has 3 aromatic carbocycles. The molecule has 0 fully saturated rings. The van der Waals surface area contributed by atoms with Crippen LogP contribution in [0, 0.1) is 0 Å². The number of rotatable bonds is 5. The van der Waals surface area contributed by atoms with Gasteiger partial charge in [-0.05, 0) is 55.5 Å². The second kappa shape index (κ2) is 8.03. The molecular formula is C25H21N5O2. The molecule has 0 unspecified atom stereocenters. The summed E-state index contributed by atoms with van der Waals surface area (Å²) in [6.45, 7) is 2.50. The first-order valence-corrected chi connectivity index (χ1v) is 10.3. The first kappa shape index (κ1) is 19.6. The summed E-state index contributed by atoms with van der Waals surface area (Å²) in [6, 6.07) is 24.3. The van der Waals surface area contributed by atoms with Crippen molar-refractivity contribution in [1.82, 2.24) is 14.5 Å². The summed E-state index contributed by atoms with van der Waals surface area (Å²) in [7, 11) is 0. The predicted octanol–water partition coefficient (Wildman–Crippen LogP) is 4.81. The van der Waals surface area contributed by atoms with Crippen molar-refractivity contribution in [1.29, 1.82) is 0 Å². The Morgan fingerprint density at radius 3 is 2.28 bits per heavy atom. The van der Waals surface area contributed by atoms with Gasteiger partial charge in [-0.25, -0.2) is 9.97 Å². The fourth-order valence-corrected chi connectivity index (χ4v) is 3.72. The van der Waals surface area contributed by atoms with Gasteiger partial charge in [-0.3, -0.25) is 9.36 Å². The molecule has 5 aromatic rings. The molecule has 0 saturated heterocycles. The second-order valence-electron chi connectivity index (χ2n) is 7.23. The highest BCUT2D eigenvalue weighted by Crippen LogP contribution is 2.31. The molecule has 0 aliphatic carbocycles. The zero-order valence-corrected chi connectivity index (χ0v) is 17.4. The molecule has 7 heteroatoms. The zero-order chi connectivity index (χ0) is 22.1. The van der Waals surface area contributed by atoms with E-state index in [1.807, 2.05) is 73.7 Å². The van der Waals surface area contributed by atoms with Crippen molar-refractivity contribution in [3.05, 3.63) is 84.4 Å². The number of hydrogen-bond donors (Lipinski definition) is 2. The van der Waals surface area contributed by atoms with Gasteiger partial charge in [0.05, 0.1) is 17.6 Å². The molecular weight excluding hydrogens is 402 g/mol. The van der Waals surface area contributed by atoms with E-state index in [0.717, 1.165) is 17.0 Å². The predicted molar refractivity (Wildman–Crippen MR) is 126 cm³/mol. The van der Waals surface area contributed by atoms with E-state index in [1.54, 1.807) is 16.7 Å². The monoisotopic (exact) mass is 423 g/mol. The maximum atomic E-state index is 13.3. The molecule has 2 heterocycles. The minimum atomic E-state index is -0.351. The molecule has 32 heavy (non-hydrogen) atoms. The second-order valence-corrected chi connectivity index (χ2v) is 7.23. The molecule has 0 aliphatic rings. The Labute approximate surface area is 184 Å². The van der Waals surface area contributed by atoms with Crippen molar-refractivity contribution in [3.8, 4) is 11.4 Å². The van der Waals surface area contributed by atoms with Gasteiger partial charge >= 0.3 is 0 Å². The number of nitrogens with two attached hydrogens (primary N) is 1. The average molecular weight is 423 g/mol. The van der Waals surface area contributed by atoms with Crippen LogP contribution in [-0.4, -0.2) is 27.0 Å². The summed E-state index contributed by atoms with van der Waals surface area (Å²) in [4.78, 5) is 22.9. The van der Waals surface area contributed by atoms with Gasteiger partial charge in [0, 0.05) is 11.4 Å². The molecule has 0 spiro atoms. The number of benzene rings is 3. The van der Waals surface area contributed by atoms with Crippen LogP contribution >= 0.6 is 0 Å². The molecule has 3 N–H and O–H groups in total. The summed E-state index contributed by atoms with van der Waals surface area (Å²) in [5, 5.41) is 2.92. The fourth-order valence-electron chi connectivity index (χ4n) is 3.72. The Kier molecular flexibility index (Phi) is 4.91. The topological polar surface area (TPSA) is 95.1 Å². The molecule has 7 nitrogen and oxygen atoms in total. The van der Waals surface area contributed by atoms with Crippen molar-refractivity contribution >= 4 is 39.6 Å². The van der Waals surface area contributed by atoms with E-state index in [2.05, 4.69) is 5.32 Å². The number of aromatic nitrogens is 3.